The van der Waals surface area contributed by atoms with E-state index >= 15 is 0 Å². The van der Waals surface area contributed by atoms with Crippen LogP contribution in [0.5, 0.6) is 0 Å². The molecular weight excluding hydrogens is 224 g/mol. The smallest absolute Gasteiger partial charge is 0.117 e. The Balaban J connectivity index is 1.87. The van der Waals surface area contributed by atoms with E-state index in [1.807, 2.05) is 12.1 Å². The lowest BCUT2D eigenvalue weighted by Crippen LogP contribution is -2.45. The Kier molecular flexibility index (Phi) is 4.46. The van der Waals surface area contributed by atoms with Crippen molar-refractivity contribution >= 4 is 0 Å². The fraction of sp³-hybridized carbons (Fsp3) is 0.733. The van der Waals surface area contributed by atoms with Crippen LogP contribution in [0.1, 0.15) is 32.4 Å². The van der Waals surface area contributed by atoms with Crippen LogP contribution in [0, 0.1) is 17.8 Å². The maximum Gasteiger partial charge on any atom is 0.117 e. The Labute approximate surface area is 110 Å². The summed E-state index contributed by atoms with van der Waals surface area (Å²) in [5.74, 6) is 3.15. The standard InChI is InChI=1S/C15H26N2O/c1-11-7-12(2)14(15(16)8-11)10-17(3)9-13-5-4-6-18-13/h4-6,11-12,14-15H,7-10,16H2,1-3H3. The highest BCUT2D eigenvalue weighted by Gasteiger charge is 2.32. The molecule has 102 valence electrons. The first kappa shape index (κ1) is 13.6. The summed E-state index contributed by atoms with van der Waals surface area (Å²) in [5, 5.41) is 0. The van der Waals surface area contributed by atoms with E-state index in [0.717, 1.165) is 30.7 Å². The molecule has 0 aromatic carbocycles. The summed E-state index contributed by atoms with van der Waals surface area (Å²) in [4.78, 5) is 2.33. The van der Waals surface area contributed by atoms with E-state index in [9.17, 15) is 0 Å². The lowest BCUT2D eigenvalue weighted by molar-refractivity contribution is 0.124. The van der Waals surface area contributed by atoms with Crippen molar-refractivity contribution in [1.29, 1.82) is 0 Å². The number of furan rings is 1. The maximum absolute atomic E-state index is 6.33. The molecule has 0 amide bonds. The van der Waals surface area contributed by atoms with Crippen molar-refractivity contribution in [3.63, 3.8) is 0 Å². The van der Waals surface area contributed by atoms with Crippen LogP contribution in [-0.2, 0) is 6.54 Å². The quantitative estimate of drug-likeness (QED) is 0.893. The predicted octanol–water partition coefficient (Wildman–Crippen LogP) is 2.72. The van der Waals surface area contributed by atoms with E-state index in [2.05, 4.69) is 25.8 Å². The van der Waals surface area contributed by atoms with Crippen molar-refractivity contribution in [2.24, 2.45) is 23.5 Å². The Morgan fingerprint density at radius 1 is 1.39 bits per heavy atom. The van der Waals surface area contributed by atoms with Crippen molar-refractivity contribution in [3.8, 4) is 0 Å². The Morgan fingerprint density at radius 2 is 2.17 bits per heavy atom. The number of hydrogen-bond acceptors (Lipinski definition) is 3. The highest BCUT2D eigenvalue weighted by molar-refractivity contribution is 4.98. The fourth-order valence-corrected chi connectivity index (χ4v) is 3.38. The minimum atomic E-state index is 0.350. The van der Waals surface area contributed by atoms with Crippen LogP contribution < -0.4 is 5.73 Å². The van der Waals surface area contributed by atoms with Gasteiger partial charge in [-0.2, -0.15) is 0 Å². The van der Waals surface area contributed by atoms with Crippen molar-refractivity contribution < 1.29 is 4.42 Å². The van der Waals surface area contributed by atoms with Crippen LogP contribution in [-0.4, -0.2) is 24.5 Å². The zero-order chi connectivity index (χ0) is 13.1. The second-order valence-corrected chi connectivity index (χ2v) is 6.16. The molecule has 2 rings (SSSR count). The summed E-state index contributed by atoms with van der Waals surface area (Å²) in [6.07, 6.45) is 4.22. The van der Waals surface area contributed by atoms with Crippen molar-refractivity contribution in [1.82, 2.24) is 4.90 Å². The molecular formula is C15H26N2O. The van der Waals surface area contributed by atoms with Gasteiger partial charge in [-0.3, -0.25) is 4.90 Å². The van der Waals surface area contributed by atoms with Gasteiger partial charge < -0.3 is 10.2 Å². The molecule has 4 unspecified atom stereocenters. The average molecular weight is 250 g/mol. The molecule has 0 bridgehead atoms. The Bertz CT molecular complexity index is 337. The molecule has 18 heavy (non-hydrogen) atoms. The van der Waals surface area contributed by atoms with E-state index in [-0.39, 0.29) is 0 Å². The van der Waals surface area contributed by atoms with Crippen LogP contribution in [0.25, 0.3) is 0 Å². The highest BCUT2D eigenvalue weighted by Crippen LogP contribution is 2.33. The molecule has 0 saturated heterocycles. The molecule has 3 heteroatoms. The van der Waals surface area contributed by atoms with Gasteiger partial charge in [-0.25, -0.2) is 0 Å². The SMILES string of the molecule is CC1CC(C)C(CN(C)Cc2ccco2)C(N)C1. The molecule has 2 N–H and O–H groups in total. The summed E-state index contributed by atoms with van der Waals surface area (Å²) in [5.41, 5.74) is 6.33. The first-order valence-electron chi connectivity index (χ1n) is 7.02. The van der Waals surface area contributed by atoms with Crippen molar-refractivity contribution in [2.75, 3.05) is 13.6 Å². The van der Waals surface area contributed by atoms with Crippen LogP contribution in [0.2, 0.25) is 0 Å². The molecule has 3 nitrogen and oxygen atoms in total. The van der Waals surface area contributed by atoms with E-state index in [1.165, 1.54) is 12.8 Å². The van der Waals surface area contributed by atoms with E-state index in [1.54, 1.807) is 6.26 Å². The van der Waals surface area contributed by atoms with Gasteiger partial charge in [0.05, 0.1) is 12.8 Å². The van der Waals surface area contributed by atoms with E-state index in [4.69, 9.17) is 10.2 Å². The topological polar surface area (TPSA) is 42.4 Å². The van der Waals surface area contributed by atoms with Gasteiger partial charge >= 0.3 is 0 Å². The predicted molar refractivity (Wildman–Crippen MR) is 74.1 cm³/mol. The molecule has 1 fully saturated rings. The molecule has 0 radical (unpaired) electrons. The third-order valence-corrected chi connectivity index (χ3v) is 4.26. The summed E-state index contributed by atoms with van der Waals surface area (Å²) >= 11 is 0. The van der Waals surface area contributed by atoms with Gasteiger partial charge in [0.15, 0.2) is 0 Å². The van der Waals surface area contributed by atoms with Gasteiger partial charge in [0, 0.05) is 12.6 Å². The van der Waals surface area contributed by atoms with Gasteiger partial charge in [0.25, 0.3) is 0 Å². The molecule has 1 aromatic rings. The van der Waals surface area contributed by atoms with Gasteiger partial charge in [0.2, 0.25) is 0 Å². The summed E-state index contributed by atoms with van der Waals surface area (Å²) in [6.45, 7) is 6.61. The number of hydrogen-bond donors (Lipinski definition) is 1. The summed E-state index contributed by atoms with van der Waals surface area (Å²) in [6, 6.07) is 4.32. The molecule has 1 heterocycles. The lowest BCUT2D eigenvalue weighted by Gasteiger charge is -2.39. The molecule has 1 saturated carbocycles. The number of nitrogens with zero attached hydrogens (tertiary/aromatic N) is 1. The molecule has 0 spiro atoms. The Hall–Kier alpha value is -0.800. The average Bonchev–Trinajstić information content (AvgIpc) is 2.76. The summed E-state index contributed by atoms with van der Waals surface area (Å²) < 4.78 is 5.39. The second kappa shape index (κ2) is 5.89. The van der Waals surface area contributed by atoms with Gasteiger partial charge in [-0.05, 0) is 49.8 Å². The largest absolute Gasteiger partial charge is 0.468 e. The first-order valence-corrected chi connectivity index (χ1v) is 7.02. The van der Waals surface area contributed by atoms with E-state index < -0.39 is 0 Å². The highest BCUT2D eigenvalue weighted by atomic mass is 16.3. The molecule has 1 aliphatic rings. The second-order valence-electron chi connectivity index (χ2n) is 6.16. The minimum Gasteiger partial charge on any atom is -0.468 e. The van der Waals surface area contributed by atoms with Crippen molar-refractivity contribution in [3.05, 3.63) is 24.2 Å². The van der Waals surface area contributed by atoms with Crippen LogP contribution in [0.15, 0.2) is 22.8 Å². The third kappa shape index (κ3) is 3.36. The maximum atomic E-state index is 6.33. The number of nitrogens with two attached hydrogens (primary N) is 1. The molecule has 1 aliphatic carbocycles. The van der Waals surface area contributed by atoms with Gasteiger partial charge in [-0.1, -0.05) is 13.8 Å². The number of rotatable bonds is 4. The monoisotopic (exact) mass is 250 g/mol. The van der Waals surface area contributed by atoms with Crippen LogP contribution >= 0.6 is 0 Å². The minimum absolute atomic E-state index is 0.350. The zero-order valence-electron chi connectivity index (χ0n) is 11.8. The Morgan fingerprint density at radius 3 is 2.78 bits per heavy atom. The normalized spacial score (nSPS) is 32.9. The van der Waals surface area contributed by atoms with Crippen LogP contribution in [0.4, 0.5) is 0 Å². The lowest BCUT2D eigenvalue weighted by atomic mass is 9.72. The van der Waals surface area contributed by atoms with Crippen LogP contribution in [0.3, 0.4) is 0 Å². The molecule has 1 aromatic heterocycles. The fourth-order valence-electron chi connectivity index (χ4n) is 3.38. The third-order valence-electron chi connectivity index (χ3n) is 4.26. The van der Waals surface area contributed by atoms with E-state index in [0.29, 0.717) is 12.0 Å². The molecule has 4 atom stereocenters. The first-order chi connectivity index (χ1) is 8.56. The van der Waals surface area contributed by atoms with Gasteiger partial charge in [-0.15, -0.1) is 0 Å². The zero-order valence-corrected chi connectivity index (χ0v) is 11.8. The molecule has 0 aliphatic heterocycles. The van der Waals surface area contributed by atoms with Gasteiger partial charge in [0.1, 0.15) is 5.76 Å². The van der Waals surface area contributed by atoms with Crippen molar-refractivity contribution in [2.45, 2.75) is 39.3 Å². The summed E-state index contributed by atoms with van der Waals surface area (Å²) in [7, 11) is 2.15.